The molecule has 0 unspecified atom stereocenters. The molecule has 1 amide bonds. The molecule has 0 aromatic heterocycles. The van der Waals surface area contributed by atoms with Crippen molar-refractivity contribution in [2.45, 2.75) is 45.4 Å². The van der Waals surface area contributed by atoms with Crippen LogP contribution in [0.3, 0.4) is 0 Å². The summed E-state index contributed by atoms with van der Waals surface area (Å²) >= 11 is 0. The SMILES string of the molecule is Cc1cccc(NC(=O)C2CCCCCC2)c1C(=O)O. The van der Waals surface area contributed by atoms with Crippen molar-refractivity contribution in [3.05, 3.63) is 29.3 Å². The molecule has 0 spiro atoms. The summed E-state index contributed by atoms with van der Waals surface area (Å²) < 4.78 is 0. The number of rotatable bonds is 3. The Hall–Kier alpha value is -1.84. The Morgan fingerprint density at radius 3 is 2.40 bits per heavy atom. The summed E-state index contributed by atoms with van der Waals surface area (Å²) in [6.07, 6.45) is 6.35. The van der Waals surface area contributed by atoms with Crippen molar-refractivity contribution in [1.29, 1.82) is 0 Å². The Bertz CT molecular complexity index is 502. The maximum atomic E-state index is 12.3. The van der Waals surface area contributed by atoms with Crippen molar-refractivity contribution in [3.8, 4) is 0 Å². The van der Waals surface area contributed by atoms with E-state index < -0.39 is 5.97 Å². The second-order valence-corrected chi connectivity index (χ2v) is 5.48. The first-order valence-corrected chi connectivity index (χ1v) is 7.23. The number of carbonyl (C=O) groups excluding carboxylic acids is 1. The lowest BCUT2D eigenvalue weighted by Gasteiger charge is -2.16. The molecule has 4 nitrogen and oxygen atoms in total. The van der Waals surface area contributed by atoms with Crippen LogP contribution in [-0.2, 0) is 4.79 Å². The minimum atomic E-state index is -1.00. The number of carbonyl (C=O) groups is 2. The van der Waals surface area contributed by atoms with Gasteiger partial charge in [0.15, 0.2) is 0 Å². The molecule has 1 aromatic rings. The average Bonchev–Trinajstić information content (AvgIpc) is 2.67. The van der Waals surface area contributed by atoms with Gasteiger partial charge in [-0.1, -0.05) is 37.8 Å². The van der Waals surface area contributed by atoms with E-state index in [4.69, 9.17) is 0 Å². The fraction of sp³-hybridized carbons (Fsp3) is 0.500. The third-order valence-electron chi connectivity index (χ3n) is 3.97. The Labute approximate surface area is 119 Å². The van der Waals surface area contributed by atoms with E-state index in [2.05, 4.69) is 5.32 Å². The summed E-state index contributed by atoms with van der Waals surface area (Å²) in [5, 5.41) is 12.1. The fourth-order valence-electron chi connectivity index (χ4n) is 2.83. The van der Waals surface area contributed by atoms with Crippen LogP contribution in [0.1, 0.15) is 54.4 Å². The average molecular weight is 275 g/mol. The zero-order chi connectivity index (χ0) is 14.5. The molecule has 20 heavy (non-hydrogen) atoms. The van der Waals surface area contributed by atoms with Crippen LogP contribution in [0.5, 0.6) is 0 Å². The summed E-state index contributed by atoms with van der Waals surface area (Å²) in [5.74, 6) is -1.03. The van der Waals surface area contributed by atoms with Gasteiger partial charge in [-0.3, -0.25) is 4.79 Å². The topological polar surface area (TPSA) is 66.4 Å². The highest BCUT2D eigenvalue weighted by molar-refractivity contribution is 6.02. The van der Waals surface area contributed by atoms with Crippen molar-refractivity contribution in [2.24, 2.45) is 5.92 Å². The molecule has 1 aliphatic carbocycles. The number of hydrogen-bond acceptors (Lipinski definition) is 2. The van der Waals surface area contributed by atoms with Crippen molar-refractivity contribution in [2.75, 3.05) is 5.32 Å². The van der Waals surface area contributed by atoms with Crippen LogP contribution < -0.4 is 5.32 Å². The number of benzene rings is 1. The molecule has 108 valence electrons. The molecule has 0 atom stereocenters. The van der Waals surface area contributed by atoms with Gasteiger partial charge in [0.2, 0.25) is 5.91 Å². The number of aromatic carboxylic acids is 1. The van der Waals surface area contributed by atoms with Gasteiger partial charge in [-0.15, -0.1) is 0 Å². The van der Waals surface area contributed by atoms with Crippen molar-refractivity contribution < 1.29 is 14.7 Å². The van der Waals surface area contributed by atoms with Gasteiger partial charge in [-0.25, -0.2) is 4.79 Å². The third kappa shape index (κ3) is 3.38. The molecule has 1 fully saturated rings. The van der Waals surface area contributed by atoms with Crippen LogP contribution in [0, 0.1) is 12.8 Å². The molecule has 4 heteroatoms. The molecule has 1 aromatic carbocycles. The summed E-state index contributed by atoms with van der Waals surface area (Å²) in [6, 6.07) is 5.17. The Balaban J connectivity index is 2.15. The second-order valence-electron chi connectivity index (χ2n) is 5.48. The number of hydrogen-bond donors (Lipinski definition) is 2. The minimum absolute atomic E-state index is 0.0136. The van der Waals surface area contributed by atoms with Gasteiger partial charge < -0.3 is 10.4 Å². The first-order valence-electron chi connectivity index (χ1n) is 7.23. The van der Waals surface area contributed by atoms with Crippen molar-refractivity contribution in [3.63, 3.8) is 0 Å². The summed E-state index contributed by atoms with van der Waals surface area (Å²) in [7, 11) is 0. The quantitative estimate of drug-likeness (QED) is 0.828. The fourth-order valence-corrected chi connectivity index (χ4v) is 2.83. The molecule has 1 aliphatic rings. The lowest BCUT2D eigenvalue weighted by atomic mass is 9.98. The molecule has 0 bridgehead atoms. The highest BCUT2D eigenvalue weighted by Gasteiger charge is 2.22. The van der Waals surface area contributed by atoms with Crippen LogP contribution in [0.25, 0.3) is 0 Å². The lowest BCUT2D eigenvalue weighted by Crippen LogP contribution is -2.23. The number of aryl methyl sites for hydroxylation is 1. The zero-order valence-electron chi connectivity index (χ0n) is 11.8. The summed E-state index contributed by atoms with van der Waals surface area (Å²) in [5.41, 5.74) is 1.26. The molecule has 0 heterocycles. The predicted octanol–water partition coefficient (Wildman–Crippen LogP) is 3.60. The maximum absolute atomic E-state index is 12.3. The monoisotopic (exact) mass is 275 g/mol. The van der Waals surface area contributed by atoms with Crippen LogP contribution >= 0.6 is 0 Å². The minimum Gasteiger partial charge on any atom is -0.478 e. The number of anilines is 1. The van der Waals surface area contributed by atoms with E-state index in [1.807, 2.05) is 0 Å². The molecule has 1 saturated carbocycles. The largest absolute Gasteiger partial charge is 0.478 e. The highest BCUT2D eigenvalue weighted by atomic mass is 16.4. The van der Waals surface area contributed by atoms with Gasteiger partial charge in [0.1, 0.15) is 0 Å². The van der Waals surface area contributed by atoms with Crippen molar-refractivity contribution in [1.82, 2.24) is 0 Å². The Morgan fingerprint density at radius 1 is 1.15 bits per heavy atom. The van der Waals surface area contributed by atoms with Crippen LogP contribution in [0.15, 0.2) is 18.2 Å². The van der Waals surface area contributed by atoms with E-state index in [0.717, 1.165) is 25.7 Å². The first-order chi connectivity index (χ1) is 9.59. The third-order valence-corrected chi connectivity index (χ3v) is 3.97. The molecule has 0 radical (unpaired) electrons. The highest BCUT2D eigenvalue weighted by Crippen LogP contribution is 2.26. The van der Waals surface area contributed by atoms with Crippen LogP contribution in [0.2, 0.25) is 0 Å². The van der Waals surface area contributed by atoms with E-state index in [1.54, 1.807) is 25.1 Å². The van der Waals surface area contributed by atoms with Gasteiger partial charge in [-0.2, -0.15) is 0 Å². The summed E-state index contributed by atoms with van der Waals surface area (Å²) in [6.45, 7) is 1.74. The lowest BCUT2D eigenvalue weighted by molar-refractivity contribution is -0.120. The van der Waals surface area contributed by atoms with Crippen molar-refractivity contribution >= 4 is 17.6 Å². The molecule has 2 N–H and O–H groups in total. The Morgan fingerprint density at radius 2 is 1.80 bits per heavy atom. The van der Waals surface area contributed by atoms with E-state index in [1.165, 1.54) is 12.8 Å². The second kappa shape index (κ2) is 6.55. The van der Waals surface area contributed by atoms with Crippen LogP contribution in [-0.4, -0.2) is 17.0 Å². The van der Waals surface area contributed by atoms with Gasteiger partial charge in [0.25, 0.3) is 0 Å². The van der Waals surface area contributed by atoms with E-state index in [9.17, 15) is 14.7 Å². The number of nitrogens with one attached hydrogen (secondary N) is 1. The van der Waals surface area contributed by atoms with Gasteiger partial charge in [0, 0.05) is 5.92 Å². The maximum Gasteiger partial charge on any atom is 0.338 e. The normalized spacial score (nSPS) is 16.4. The smallest absolute Gasteiger partial charge is 0.338 e. The van der Waals surface area contributed by atoms with E-state index >= 15 is 0 Å². The van der Waals surface area contributed by atoms with E-state index in [-0.39, 0.29) is 17.4 Å². The zero-order valence-corrected chi connectivity index (χ0v) is 11.8. The van der Waals surface area contributed by atoms with Gasteiger partial charge in [-0.05, 0) is 31.4 Å². The molecular weight excluding hydrogens is 254 g/mol. The van der Waals surface area contributed by atoms with Gasteiger partial charge in [0.05, 0.1) is 11.3 Å². The number of carboxylic acids is 1. The van der Waals surface area contributed by atoms with Crippen LogP contribution in [0.4, 0.5) is 5.69 Å². The number of carboxylic acid groups (broad SMARTS) is 1. The number of amides is 1. The van der Waals surface area contributed by atoms with Gasteiger partial charge >= 0.3 is 5.97 Å². The standard InChI is InChI=1S/C16H21NO3/c1-11-7-6-10-13(14(11)16(19)20)17-15(18)12-8-4-2-3-5-9-12/h6-7,10,12H,2-5,8-9H2,1H3,(H,17,18)(H,19,20). The predicted molar refractivity (Wildman–Crippen MR) is 78.0 cm³/mol. The molecule has 2 rings (SSSR count). The van der Waals surface area contributed by atoms with E-state index in [0.29, 0.717) is 11.3 Å². The molecule has 0 aliphatic heterocycles. The molecule has 0 saturated heterocycles. The molecular formula is C16H21NO3. The summed E-state index contributed by atoms with van der Waals surface area (Å²) in [4.78, 5) is 23.6. The first kappa shape index (κ1) is 14.6. The Kier molecular flexibility index (Phi) is 4.77.